The molecule has 1 aromatic rings. The predicted octanol–water partition coefficient (Wildman–Crippen LogP) is 6.05. The van der Waals surface area contributed by atoms with Crippen LogP contribution in [0.25, 0.3) is 6.08 Å². The molecule has 0 aromatic heterocycles. The highest BCUT2D eigenvalue weighted by atomic mass is 16.9. The van der Waals surface area contributed by atoms with E-state index >= 15 is 0 Å². The highest BCUT2D eigenvalue weighted by Gasteiger charge is 2.28. The first kappa shape index (κ1) is 22.8. The van der Waals surface area contributed by atoms with Crippen molar-refractivity contribution in [2.75, 3.05) is 21.3 Å². The highest BCUT2D eigenvalue weighted by Crippen LogP contribution is 2.21. The van der Waals surface area contributed by atoms with Gasteiger partial charge in [0, 0.05) is 27.8 Å². The molecule has 1 rings (SSSR count). The Labute approximate surface area is 149 Å². The maximum absolute atomic E-state index is 5.24. The van der Waals surface area contributed by atoms with Gasteiger partial charge in [-0.3, -0.25) is 0 Å². The van der Waals surface area contributed by atoms with E-state index in [0.29, 0.717) is 0 Å². The van der Waals surface area contributed by atoms with E-state index in [2.05, 4.69) is 13.5 Å². The van der Waals surface area contributed by atoms with Gasteiger partial charge in [-0.15, -0.1) is 0 Å². The largest absolute Gasteiger partial charge is 0.331 e. The third-order valence-electron chi connectivity index (χ3n) is 4.05. The molecule has 3 nitrogen and oxygen atoms in total. The van der Waals surface area contributed by atoms with Crippen molar-refractivity contribution in [1.29, 1.82) is 0 Å². The minimum atomic E-state index is -0.830. The van der Waals surface area contributed by atoms with Gasteiger partial charge in [0.15, 0.2) is 0 Å². The Morgan fingerprint density at radius 3 is 1.75 bits per heavy atom. The van der Waals surface area contributed by atoms with Crippen molar-refractivity contribution in [3.05, 3.63) is 42.5 Å². The average Bonchev–Trinajstić information content (AvgIpc) is 2.66. The van der Waals surface area contributed by atoms with E-state index in [1.165, 1.54) is 44.1 Å². The van der Waals surface area contributed by atoms with Crippen LogP contribution in [0.2, 0.25) is 0 Å². The van der Waals surface area contributed by atoms with Crippen LogP contribution < -0.4 is 0 Å². The van der Waals surface area contributed by atoms with Gasteiger partial charge in [-0.25, -0.2) is 0 Å². The Morgan fingerprint density at radius 1 is 0.833 bits per heavy atom. The van der Waals surface area contributed by atoms with Gasteiger partial charge >= 0.3 is 0 Å². The Bertz CT molecular complexity index is 377. The van der Waals surface area contributed by atoms with Crippen LogP contribution in [-0.2, 0) is 14.2 Å². The smallest absolute Gasteiger partial charge is 0.282 e. The van der Waals surface area contributed by atoms with Crippen LogP contribution in [0.15, 0.2) is 36.9 Å². The van der Waals surface area contributed by atoms with Crippen molar-refractivity contribution >= 4 is 6.08 Å². The number of rotatable bonds is 12. The number of hydrogen-bond donors (Lipinski definition) is 0. The van der Waals surface area contributed by atoms with Crippen LogP contribution in [-0.4, -0.2) is 27.3 Å². The summed E-state index contributed by atoms with van der Waals surface area (Å²) in [5.41, 5.74) is 1.17. The molecule has 1 aromatic carbocycles. The van der Waals surface area contributed by atoms with Gasteiger partial charge in [0.1, 0.15) is 0 Å². The molecule has 0 aliphatic carbocycles. The summed E-state index contributed by atoms with van der Waals surface area (Å²) in [6, 6.07) is 10.0. The second-order valence-electron chi connectivity index (χ2n) is 5.78. The summed E-state index contributed by atoms with van der Waals surface area (Å²) in [6.45, 7) is 5.87. The molecule has 0 heterocycles. The van der Waals surface area contributed by atoms with E-state index in [-0.39, 0.29) is 0 Å². The van der Waals surface area contributed by atoms with Crippen molar-refractivity contribution in [2.45, 2.75) is 64.3 Å². The van der Waals surface area contributed by atoms with Crippen molar-refractivity contribution in [3.8, 4) is 0 Å². The Morgan fingerprint density at radius 2 is 1.33 bits per heavy atom. The summed E-state index contributed by atoms with van der Waals surface area (Å²) in [5, 5.41) is 0. The van der Waals surface area contributed by atoms with Gasteiger partial charge in [0.2, 0.25) is 0 Å². The molecule has 0 saturated heterocycles. The quantitative estimate of drug-likeness (QED) is 0.343. The van der Waals surface area contributed by atoms with Crippen LogP contribution in [0, 0.1) is 0 Å². The summed E-state index contributed by atoms with van der Waals surface area (Å²) in [7, 11) is 4.86. The molecule has 0 fully saturated rings. The molecule has 0 saturated carbocycles. The Balaban J connectivity index is 0.000000546. The first-order valence-electron chi connectivity index (χ1n) is 9.01. The normalized spacial score (nSPS) is 10.8. The predicted molar refractivity (Wildman–Crippen MR) is 103 cm³/mol. The van der Waals surface area contributed by atoms with Crippen molar-refractivity contribution < 1.29 is 14.2 Å². The van der Waals surface area contributed by atoms with Crippen LogP contribution >= 0.6 is 0 Å². The van der Waals surface area contributed by atoms with Gasteiger partial charge in [-0.1, -0.05) is 88.4 Å². The van der Waals surface area contributed by atoms with E-state index in [4.69, 9.17) is 14.2 Å². The van der Waals surface area contributed by atoms with Crippen LogP contribution in [0.3, 0.4) is 0 Å². The molecular formula is C21H36O3. The Kier molecular flexibility index (Phi) is 14.6. The lowest BCUT2D eigenvalue weighted by Gasteiger charge is -2.28. The third-order valence-corrected chi connectivity index (χ3v) is 4.05. The van der Waals surface area contributed by atoms with Crippen molar-refractivity contribution in [1.82, 2.24) is 0 Å². The Hall–Kier alpha value is -1.16. The van der Waals surface area contributed by atoms with Crippen molar-refractivity contribution in [3.63, 3.8) is 0 Å². The molecule has 138 valence electrons. The van der Waals surface area contributed by atoms with Gasteiger partial charge < -0.3 is 14.2 Å². The standard InChI is InChI=1S/C13H28O3.C8H8/c1-5-6-7-8-9-10-11-12-13(14-2,15-3)16-4;1-2-8-6-4-3-5-7-8/h5-12H2,1-4H3;2-7H,1H2. The van der Waals surface area contributed by atoms with Crippen LogP contribution in [0.5, 0.6) is 0 Å². The van der Waals surface area contributed by atoms with E-state index in [0.717, 1.165) is 12.8 Å². The first-order chi connectivity index (χ1) is 11.7. The number of ether oxygens (including phenoxy) is 3. The summed E-state index contributed by atoms with van der Waals surface area (Å²) >= 11 is 0. The topological polar surface area (TPSA) is 27.7 Å². The molecule has 0 spiro atoms. The summed E-state index contributed by atoms with van der Waals surface area (Å²) in [5.74, 6) is -0.830. The van der Waals surface area contributed by atoms with Gasteiger partial charge in [0.05, 0.1) is 0 Å². The lowest BCUT2D eigenvalue weighted by Crippen LogP contribution is -2.35. The average molecular weight is 337 g/mol. The zero-order valence-electron chi connectivity index (χ0n) is 16.1. The molecule has 0 aliphatic heterocycles. The molecule has 24 heavy (non-hydrogen) atoms. The molecular weight excluding hydrogens is 300 g/mol. The van der Waals surface area contributed by atoms with Crippen molar-refractivity contribution in [2.24, 2.45) is 0 Å². The zero-order valence-corrected chi connectivity index (χ0v) is 16.1. The number of methoxy groups -OCH3 is 3. The minimum absolute atomic E-state index is 0.796. The molecule has 0 aliphatic rings. The van der Waals surface area contributed by atoms with E-state index < -0.39 is 5.97 Å². The lowest BCUT2D eigenvalue weighted by atomic mass is 10.1. The van der Waals surface area contributed by atoms with Crippen LogP contribution in [0.1, 0.15) is 63.9 Å². The van der Waals surface area contributed by atoms with Crippen LogP contribution in [0.4, 0.5) is 0 Å². The van der Waals surface area contributed by atoms with E-state index in [1.807, 2.05) is 36.4 Å². The molecule has 0 bridgehead atoms. The second kappa shape index (κ2) is 15.4. The molecule has 0 radical (unpaired) electrons. The summed E-state index contributed by atoms with van der Waals surface area (Å²) in [4.78, 5) is 0. The zero-order chi connectivity index (χ0) is 18.1. The highest BCUT2D eigenvalue weighted by molar-refractivity contribution is 5.45. The number of unbranched alkanes of at least 4 members (excludes halogenated alkanes) is 6. The summed E-state index contributed by atoms with van der Waals surface area (Å²) < 4.78 is 15.7. The van der Waals surface area contributed by atoms with Gasteiger partial charge in [-0.2, -0.15) is 0 Å². The SMILES string of the molecule is C=Cc1ccccc1.CCCCCCCCCC(OC)(OC)OC. The van der Waals surface area contributed by atoms with E-state index in [9.17, 15) is 0 Å². The lowest BCUT2D eigenvalue weighted by molar-refractivity contribution is -0.355. The maximum atomic E-state index is 5.24. The fourth-order valence-electron chi connectivity index (χ4n) is 2.44. The first-order valence-corrected chi connectivity index (χ1v) is 9.01. The maximum Gasteiger partial charge on any atom is 0.282 e. The molecule has 0 atom stereocenters. The van der Waals surface area contributed by atoms with E-state index in [1.54, 1.807) is 21.3 Å². The van der Waals surface area contributed by atoms with Gasteiger partial charge in [0.25, 0.3) is 5.97 Å². The van der Waals surface area contributed by atoms with Gasteiger partial charge in [-0.05, 0) is 12.0 Å². The number of benzene rings is 1. The summed E-state index contributed by atoms with van der Waals surface area (Å²) in [6.07, 6.45) is 11.6. The fourth-order valence-corrected chi connectivity index (χ4v) is 2.44. The fraction of sp³-hybridized carbons (Fsp3) is 0.619. The molecule has 0 unspecified atom stereocenters. The molecule has 0 N–H and O–H groups in total. The third kappa shape index (κ3) is 10.6. The second-order valence-corrected chi connectivity index (χ2v) is 5.78. The number of hydrogen-bond acceptors (Lipinski definition) is 3. The monoisotopic (exact) mass is 336 g/mol. The molecule has 0 amide bonds. The minimum Gasteiger partial charge on any atom is -0.331 e. The molecule has 3 heteroatoms.